The number of hydrazone groups is 1. The summed E-state index contributed by atoms with van der Waals surface area (Å²) < 4.78 is 5.25. The Morgan fingerprint density at radius 2 is 2.18 bits per heavy atom. The summed E-state index contributed by atoms with van der Waals surface area (Å²) in [5.74, 6) is 2.63. The number of benzene rings is 1. The van der Waals surface area contributed by atoms with E-state index < -0.39 is 5.91 Å². The molecule has 2 aromatic rings. The zero-order valence-corrected chi connectivity index (χ0v) is 12.2. The molecule has 1 aromatic carbocycles. The smallest absolute Gasteiger partial charge is 0.274 e. The van der Waals surface area contributed by atoms with Crippen molar-refractivity contribution in [3.8, 4) is 18.1 Å². The van der Waals surface area contributed by atoms with Crippen LogP contribution < -0.4 is 10.2 Å². The molecule has 1 aromatic heterocycles. The molecular formula is C16H12ClN3O2. The van der Waals surface area contributed by atoms with Crippen molar-refractivity contribution >= 4 is 23.7 Å². The number of nitrogens with one attached hydrogen (secondary N) is 1. The summed E-state index contributed by atoms with van der Waals surface area (Å²) in [5, 5.41) is 4.00. The van der Waals surface area contributed by atoms with Gasteiger partial charge in [-0.2, -0.15) is 5.10 Å². The van der Waals surface area contributed by atoms with Gasteiger partial charge in [-0.3, -0.25) is 4.79 Å². The predicted molar refractivity (Wildman–Crippen MR) is 85.1 cm³/mol. The van der Waals surface area contributed by atoms with Gasteiger partial charge in [-0.25, -0.2) is 10.4 Å². The Hall–Kier alpha value is -2.84. The number of hydrogen-bond acceptors (Lipinski definition) is 4. The second kappa shape index (κ2) is 7.81. The van der Waals surface area contributed by atoms with E-state index in [-0.39, 0.29) is 17.3 Å². The van der Waals surface area contributed by atoms with Gasteiger partial charge >= 0.3 is 0 Å². The fraction of sp³-hybridized carbons (Fsp3) is 0.0625. The topological polar surface area (TPSA) is 63.6 Å². The monoisotopic (exact) mass is 313 g/mol. The van der Waals surface area contributed by atoms with Gasteiger partial charge in [-0.1, -0.05) is 17.5 Å². The summed E-state index contributed by atoms with van der Waals surface area (Å²) in [6.45, 7) is 0.218. The summed E-state index contributed by atoms with van der Waals surface area (Å²) in [6, 6.07) is 10.3. The second-order valence-electron chi connectivity index (χ2n) is 4.10. The SMILES string of the molecule is C#CCOc1ccc(C=NNC(=O)c2cccnc2Cl)cc1. The highest BCUT2D eigenvalue weighted by Crippen LogP contribution is 2.12. The van der Waals surface area contributed by atoms with Gasteiger partial charge in [-0.05, 0) is 42.0 Å². The standard InChI is InChI=1S/C16H12ClN3O2/c1-2-10-22-13-7-5-12(6-8-13)11-19-20-16(21)14-4-3-9-18-15(14)17/h1,3-9,11H,10H2,(H,20,21). The first-order valence-electron chi connectivity index (χ1n) is 6.31. The number of carbonyl (C=O) groups is 1. The van der Waals surface area contributed by atoms with E-state index in [0.29, 0.717) is 5.75 Å². The van der Waals surface area contributed by atoms with Crippen molar-refractivity contribution in [2.45, 2.75) is 0 Å². The lowest BCUT2D eigenvalue weighted by Gasteiger charge is -2.02. The lowest BCUT2D eigenvalue weighted by molar-refractivity contribution is 0.0955. The van der Waals surface area contributed by atoms with Crippen LogP contribution in [0.25, 0.3) is 0 Å². The van der Waals surface area contributed by atoms with Crippen molar-refractivity contribution in [3.05, 3.63) is 58.9 Å². The van der Waals surface area contributed by atoms with Gasteiger partial charge < -0.3 is 4.74 Å². The Bertz CT molecular complexity index is 721. The number of pyridine rings is 1. The molecule has 0 spiro atoms. The molecule has 110 valence electrons. The van der Waals surface area contributed by atoms with Gasteiger partial charge in [0.1, 0.15) is 17.5 Å². The second-order valence-corrected chi connectivity index (χ2v) is 4.46. The highest BCUT2D eigenvalue weighted by molar-refractivity contribution is 6.32. The Labute approximate surface area is 133 Å². The lowest BCUT2D eigenvalue weighted by Crippen LogP contribution is -2.18. The number of hydrogen-bond donors (Lipinski definition) is 1. The average molecular weight is 314 g/mol. The van der Waals surface area contributed by atoms with E-state index in [1.54, 1.807) is 36.4 Å². The van der Waals surface area contributed by atoms with Crippen LogP contribution in [0.3, 0.4) is 0 Å². The van der Waals surface area contributed by atoms with E-state index in [2.05, 4.69) is 21.4 Å². The number of halogens is 1. The minimum atomic E-state index is -0.427. The summed E-state index contributed by atoms with van der Waals surface area (Å²) in [4.78, 5) is 15.7. The van der Waals surface area contributed by atoms with Crippen LogP contribution in [0.15, 0.2) is 47.7 Å². The van der Waals surface area contributed by atoms with Crippen LogP contribution in [-0.2, 0) is 0 Å². The molecule has 0 saturated carbocycles. The fourth-order valence-corrected chi connectivity index (χ4v) is 1.76. The van der Waals surface area contributed by atoms with Gasteiger partial charge in [0.25, 0.3) is 5.91 Å². The number of nitrogens with zero attached hydrogens (tertiary/aromatic N) is 2. The minimum absolute atomic E-state index is 0.130. The predicted octanol–water partition coefficient (Wildman–Crippen LogP) is 2.51. The Morgan fingerprint density at radius 1 is 1.41 bits per heavy atom. The number of ether oxygens (including phenoxy) is 1. The quantitative estimate of drug-likeness (QED) is 0.399. The third kappa shape index (κ3) is 4.33. The Morgan fingerprint density at radius 3 is 2.86 bits per heavy atom. The molecule has 0 bridgehead atoms. The molecule has 0 saturated heterocycles. The zero-order chi connectivity index (χ0) is 15.8. The Kier molecular flexibility index (Phi) is 5.52. The number of carbonyl (C=O) groups excluding carboxylic acids is 1. The Balaban J connectivity index is 1.94. The van der Waals surface area contributed by atoms with Crippen molar-refractivity contribution in [2.24, 2.45) is 5.10 Å². The van der Waals surface area contributed by atoms with E-state index in [1.807, 2.05) is 0 Å². The first-order chi connectivity index (χ1) is 10.7. The van der Waals surface area contributed by atoms with Crippen LogP contribution in [0, 0.1) is 12.3 Å². The zero-order valence-electron chi connectivity index (χ0n) is 11.5. The summed E-state index contributed by atoms with van der Waals surface area (Å²) in [5.41, 5.74) is 3.45. The molecule has 1 N–H and O–H groups in total. The molecule has 1 amide bonds. The van der Waals surface area contributed by atoms with Crippen LogP contribution in [0.4, 0.5) is 0 Å². The maximum atomic E-state index is 11.8. The first-order valence-corrected chi connectivity index (χ1v) is 6.69. The third-order valence-corrected chi connectivity index (χ3v) is 2.89. The van der Waals surface area contributed by atoms with Crippen LogP contribution in [0.1, 0.15) is 15.9 Å². The molecule has 2 rings (SSSR count). The molecule has 0 aliphatic carbocycles. The molecule has 0 atom stereocenters. The molecule has 0 unspecified atom stereocenters. The van der Waals surface area contributed by atoms with E-state index in [0.717, 1.165) is 5.56 Å². The number of aromatic nitrogens is 1. The van der Waals surface area contributed by atoms with Gasteiger partial charge in [-0.15, -0.1) is 6.42 Å². The summed E-state index contributed by atoms with van der Waals surface area (Å²) in [6.07, 6.45) is 8.12. The average Bonchev–Trinajstić information content (AvgIpc) is 2.54. The summed E-state index contributed by atoms with van der Waals surface area (Å²) in [7, 11) is 0. The largest absolute Gasteiger partial charge is 0.481 e. The number of rotatable bonds is 5. The van der Waals surface area contributed by atoms with Crippen molar-refractivity contribution in [3.63, 3.8) is 0 Å². The van der Waals surface area contributed by atoms with Crippen molar-refractivity contribution < 1.29 is 9.53 Å². The molecule has 5 nitrogen and oxygen atoms in total. The lowest BCUT2D eigenvalue weighted by atomic mass is 10.2. The summed E-state index contributed by atoms with van der Waals surface area (Å²) >= 11 is 5.82. The van der Waals surface area contributed by atoms with E-state index in [4.69, 9.17) is 22.8 Å². The fourth-order valence-electron chi connectivity index (χ4n) is 1.56. The molecule has 0 aliphatic heterocycles. The molecule has 0 aliphatic rings. The molecule has 0 radical (unpaired) electrons. The maximum absolute atomic E-state index is 11.8. The highest BCUT2D eigenvalue weighted by Gasteiger charge is 2.08. The molecule has 6 heteroatoms. The highest BCUT2D eigenvalue weighted by atomic mass is 35.5. The third-order valence-electron chi connectivity index (χ3n) is 2.59. The van der Waals surface area contributed by atoms with Crippen LogP contribution in [-0.4, -0.2) is 23.7 Å². The van der Waals surface area contributed by atoms with Gasteiger partial charge in [0.15, 0.2) is 0 Å². The van der Waals surface area contributed by atoms with E-state index in [1.165, 1.54) is 12.4 Å². The van der Waals surface area contributed by atoms with Crippen LogP contribution in [0.2, 0.25) is 5.15 Å². The maximum Gasteiger partial charge on any atom is 0.274 e. The molecule has 22 heavy (non-hydrogen) atoms. The normalized spacial score (nSPS) is 10.2. The number of amides is 1. The van der Waals surface area contributed by atoms with Crippen molar-refractivity contribution in [1.29, 1.82) is 0 Å². The van der Waals surface area contributed by atoms with Crippen molar-refractivity contribution in [1.82, 2.24) is 10.4 Å². The molecule has 0 fully saturated rings. The van der Waals surface area contributed by atoms with Gasteiger partial charge in [0.05, 0.1) is 11.8 Å². The van der Waals surface area contributed by atoms with E-state index >= 15 is 0 Å². The van der Waals surface area contributed by atoms with Crippen LogP contribution in [0.5, 0.6) is 5.75 Å². The molecule has 1 heterocycles. The van der Waals surface area contributed by atoms with E-state index in [9.17, 15) is 4.79 Å². The number of terminal acetylenes is 1. The first kappa shape index (κ1) is 15.5. The van der Waals surface area contributed by atoms with Gasteiger partial charge in [0, 0.05) is 6.20 Å². The minimum Gasteiger partial charge on any atom is -0.481 e. The van der Waals surface area contributed by atoms with Gasteiger partial charge in [0.2, 0.25) is 0 Å². The van der Waals surface area contributed by atoms with Crippen molar-refractivity contribution in [2.75, 3.05) is 6.61 Å². The van der Waals surface area contributed by atoms with Crippen LogP contribution >= 0.6 is 11.6 Å². The molecular weight excluding hydrogens is 302 g/mol.